The summed E-state index contributed by atoms with van der Waals surface area (Å²) in [5.41, 5.74) is 1.46. The first-order valence-corrected chi connectivity index (χ1v) is 11.1. The zero-order valence-electron chi connectivity index (χ0n) is 17.5. The summed E-state index contributed by atoms with van der Waals surface area (Å²) < 4.78 is 14.6. The minimum Gasteiger partial charge on any atom is -0.365 e. The summed E-state index contributed by atoms with van der Waals surface area (Å²) in [6.07, 6.45) is 7.06. The Morgan fingerprint density at radius 3 is 3.16 bits per heavy atom. The van der Waals surface area contributed by atoms with Crippen molar-refractivity contribution in [3.8, 4) is 0 Å². The van der Waals surface area contributed by atoms with Crippen molar-refractivity contribution in [3.63, 3.8) is 0 Å². The van der Waals surface area contributed by atoms with E-state index in [1.807, 2.05) is 0 Å². The molecule has 1 atom stereocenters. The molecule has 2 aromatic rings. The number of aliphatic imine (C=N–C) groups is 1. The molecule has 0 unspecified atom stereocenters. The van der Waals surface area contributed by atoms with Crippen LogP contribution in [0.15, 0.2) is 35.1 Å². The van der Waals surface area contributed by atoms with Gasteiger partial charge in [0.25, 0.3) is 0 Å². The second kappa shape index (κ2) is 9.55. The number of hydrogen-bond donors (Lipinski definition) is 4. The van der Waals surface area contributed by atoms with Crippen molar-refractivity contribution in [3.05, 3.63) is 40.7 Å². The minimum atomic E-state index is -0.357. The van der Waals surface area contributed by atoms with E-state index in [4.69, 9.17) is 11.6 Å². The van der Waals surface area contributed by atoms with Crippen LogP contribution >= 0.6 is 11.6 Å². The molecule has 0 saturated carbocycles. The van der Waals surface area contributed by atoms with Crippen molar-refractivity contribution < 1.29 is 9.18 Å². The number of urea groups is 1. The highest BCUT2D eigenvalue weighted by Gasteiger charge is 2.26. The predicted octanol–water partition coefficient (Wildman–Crippen LogP) is 3.27. The Hall–Kier alpha value is -2.81. The Balaban J connectivity index is 1.41. The molecule has 1 fully saturated rings. The maximum absolute atomic E-state index is 14.6. The summed E-state index contributed by atoms with van der Waals surface area (Å²) in [6, 6.07) is 1.70. The number of H-pyrrole nitrogens is 1. The molecule has 0 bridgehead atoms. The molecule has 2 aromatic heterocycles. The minimum absolute atomic E-state index is 0.0441. The summed E-state index contributed by atoms with van der Waals surface area (Å²) in [4.78, 5) is 25.8. The van der Waals surface area contributed by atoms with Crippen LogP contribution in [0, 0.1) is 0 Å². The molecule has 2 amide bonds. The summed E-state index contributed by atoms with van der Waals surface area (Å²) in [5, 5.41) is 10.6. The quantitative estimate of drug-likeness (QED) is 0.511. The molecule has 0 spiro atoms. The molecule has 8 nitrogen and oxygen atoms in total. The summed E-state index contributed by atoms with van der Waals surface area (Å²) in [6.45, 7) is 3.94. The fourth-order valence-corrected chi connectivity index (χ4v) is 4.02. The van der Waals surface area contributed by atoms with E-state index in [9.17, 15) is 9.18 Å². The second-order valence-corrected chi connectivity index (χ2v) is 8.27. The fourth-order valence-electron chi connectivity index (χ4n) is 3.86. The van der Waals surface area contributed by atoms with Gasteiger partial charge < -0.3 is 25.8 Å². The summed E-state index contributed by atoms with van der Waals surface area (Å²) in [5.74, 6) is 0.487. The van der Waals surface area contributed by atoms with E-state index in [0.29, 0.717) is 42.0 Å². The highest BCUT2D eigenvalue weighted by atomic mass is 35.5. The molecule has 2 aliphatic heterocycles. The molecule has 10 heteroatoms. The lowest BCUT2D eigenvalue weighted by atomic mass is 10.1. The van der Waals surface area contributed by atoms with Gasteiger partial charge in [0.05, 0.1) is 11.6 Å². The number of aromatic amines is 1. The molecular formula is C21H27ClFN7O. The van der Waals surface area contributed by atoms with Crippen LogP contribution in [0.2, 0.25) is 5.02 Å². The van der Waals surface area contributed by atoms with Crippen LogP contribution in [0.4, 0.5) is 9.18 Å². The van der Waals surface area contributed by atoms with Crippen LogP contribution in [0.1, 0.15) is 38.2 Å². The molecular weight excluding hydrogens is 421 g/mol. The van der Waals surface area contributed by atoms with Gasteiger partial charge in [-0.15, -0.1) is 0 Å². The maximum Gasteiger partial charge on any atom is 0.317 e. The highest BCUT2D eigenvalue weighted by molar-refractivity contribution is 6.31. The number of nitrogens with one attached hydrogen (secondary N) is 4. The number of nitrogens with zero attached hydrogens (tertiary/aromatic N) is 3. The number of amidine groups is 1. The topological polar surface area (TPSA) is 97.4 Å². The lowest BCUT2D eigenvalue weighted by Gasteiger charge is -2.34. The van der Waals surface area contributed by atoms with Gasteiger partial charge in [0.15, 0.2) is 5.83 Å². The number of carbonyl (C=O) groups is 1. The number of piperidine rings is 1. The van der Waals surface area contributed by atoms with Crippen molar-refractivity contribution in [2.24, 2.45) is 4.99 Å². The average molecular weight is 448 g/mol. The van der Waals surface area contributed by atoms with Crippen molar-refractivity contribution in [2.75, 3.05) is 26.2 Å². The van der Waals surface area contributed by atoms with E-state index >= 15 is 0 Å². The Morgan fingerprint density at radius 2 is 2.32 bits per heavy atom. The lowest BCUT2D eigenvalue weighted by Crippen LogP contribution is -2.52. The van der Waals surface area contributed by atoms with E-state index in [1.54, 1.807) is 23.4 Å². The Bertz CT molecular complexity index is 1020. The monoisotopic (exact) mass is 447 g/mol. The number of aromatic nitrogens is 2. The molecule has 166 valence electrons. The van der Waals surface area contributed by atoms with E-state index in [-0.39, 0.29) is 24.4 Å². The summed E-state index contributed by atoms with van der Waals surface area (Å²) in [7, 11) is 0. The van der Waals surface area contributed by atoms with Crippen LogP contribution in [0.5, 0.6) is 0 Å². The largest absolute Gasteiger partial charge is 0.365 e. The average Bonchev–Trinajstić information content (AvgIpc) is 3.18. The van der Waals surface area contributed by atoms with Gasteiger partial charge in [-0.05, 0) is 25.3 Å². The molecule has 4 heterocycles. The van der Waals surface area contributed by atoms with Crippen molar-refractivity contribution >= 4 is 34.5 Å². The Labute approximate surface area is 185 Å². The lowest BCUT2D eigenvalue weighted by molar-refractivity contribution is 0.174. The van der Waals surface area contributed by atoms with Gasteiger partial charge in [0.2, 0.25) is 0 Å². The van der Waals surface area contributed by atoms with E-state index in [1.165, 1.54) is 0 Å². The van der Waals surface area contributed by atoms with Crippen LogP contribution in [0.25, 0.3) is 11.0 Å². The van der Waals surface area contributed by atoms with E-state index < -0.39 is 0 Å². The predicted molar refractivity (Wildman–Crippen MR) is 120 cm³/mol. The molecule has 4 N–H and O–H groups in total. The smallest absolute Gasteiger partial charge is 0.317 e. The van der Waals surface area contributed by atoms with E-state index in [2.05, 4.69) is 37.8 Å². The first kappa shape index (κ1) is 21.4. The standard InChI is InChI=1S/C21H27ClFN7O/c1-2-3-6-24-21(31)30-7-4-5-14(12-30)28-20-17(23)11-27-19(29-20)16-10-26-18-15(16)8-13(22)9-25-18/h8-10,14,28H,2-7,11-12H2,1H3,(H,24,31)(H,25,26)(H,27,29)/t14-/m1/s1. The number of halogens is 2. The molecule has 0 aliphatic carbocycles. The third-order valence-electron chi connectivity index (χ3n) is 5.51. The van der Waals surface area contributed by atoms with Crippen molar-refractivity contribution in [1.29, 1.82) is 0 Å². The fraction of sp³-hybridized carbons (Fsp3) is 0.476. The number of rotatable bonds is 6. The molecule has 31 heavy (non-hydrogen) atoms. The van der Waals surface area contributed by atoms with Gasteiger partial charge in [-0.3, -0.25) is 4.99 Å². The van der Waals surface area contributed by atoms with Gasteiger partial charge in [-0.1, -0.05) is 24.9 Å². The second-order valence-electron chi connectivity index (χ2n) is 7.84. The van der Waals surface area contributed by atoms with E-state index in [0.717, 1.165) is 36.6 Å². The third kappa shape index (κ3) is 4.92. The van der Waals surface area contributed by atoms with Crippen LogP contribution in [-0.2, 0) is 0 Å². The van der Waals surface area contributed by atoms with Gasteiger partial charge in [0, 0.05) is 49.0 Å². The number of unbranched alkanes of at least 4 members (excludes halogenated alkanes) is 1. The molecule has 0 radical (unpaired) electrons. The Morgan fingerprint density at radius 1 is 1.45 bits per heavy atom. The number of hydrogen-bond acceptors (Lipinski definition) is 5. The van der Waals surface area contributed by atoms with Gasteiger partial charge in [-0.25, -0.2) is 14.2 Å². The maximum atomic E-state index is 14.6. The summed E-state index contributed by atoms with van der Waals surface area (Å²) >= 11 is 6.09. The molecule has 0 aromatic carbocycles. The van der Waals surface area contributed by atoms with Crippen molar-refractivity contribution in [2.45, 2.75) is 38.6 Å². The first-order chi connectivity index (χ1) is 15.0. The van der Waals surface area contributed by atoms with Gasteiger partial charge in [-0.2, -0.15) is 0 Å². The van der Waals surface area contributed by atoms with Crippen LogP contribution in [0.3, 0.4) is 0 Å². The molecule has 2 aliphatic rings. The number of carbonyl (C=O) groups excluding carboxylic acids is 1. The molecule has 4 rings (SSSR count). The zero-order chi connectivity index (χ0) is 21.8. The SMILES string of the molecule is CCCCNC(=O)N1CCC[C@@H](NC2=C(F)CN=C(c3c[nH]c4ncc(Cl)cc34)N2)C1. The number of likely N-dealkylation sites (tertiary alicyclic amines) is 1. The number of amides is 2. The Kier molecular flexibility index (Phi) is 6.60. The zero-order valence-corrected chi connectivity index (χ0v) is 18.2. The van der Waals surface area contributed by atoms with Crippen LogP contribution < -0.4 is 16.0 Å². The number of pyridine rings is 1. The van der Waals surface area contributed by atoms with Gasteiger partial charge >= 0.3 is 6.03 Å². The number of fused-ring (bicyclic) bond motifs is 1. The molecule has 1 saturated heterocycles. The third-order valence-corrected chi connectivity index (χ3v) is 5.71. The highest BCUT2D eigenvalue weighted by Crippen LogP contribution is 2.22. The normalized spacial score (nSPS) is 19.3. The van der Waals surface area contributed by atoms with Crippen LogP contribution in [-0.4, -0.2) is 59.0 Å². The van der Waals surface area contributed by atoms with Gasteiger partial charge in [0.1, 0.15) is 17.3 Å². The van der Waals surface area contributed by atoms with Crippen molar-refractivity contribution in [1.82, 2.24) is 30.8 Å². The first-order valence-electron chi connectivity index (χ1n) is 10.7.